The molecule has 0 fully saturated rings. The Kier molecular flexibility index (Phi) is 3.92. The lowest BCUT2D eigenvalue weighted by Crippen LogP contribution is -2.51. The zero-order chi connectivity index (χ0) is 15.5. The summed E-state index contributed by atoms with van der Waals surface area (Å²) in [6, 6.07) is 16.1. The minimum atomic E-state index is -0.465. The summed E-state index contributed by atoms with van der Waals surface area (Å²) in [5.74, 6) is -0.258. The zero-order valence-corrected chi connectivity index (χ0v) is 12.5. The molecular weight excluding hydrogens is 276 g/mol. The van der Waals surface area contributed by atoms with Gasteiger partial charge in [0, 0.05) is 5.56 Å². The molecule has 0 radical (unpaired) electrons. The number of nitrogens with zero attached hydrogens (tertiary/aromatic N) is 1. The molecule has 4 nitrogen and oxygen atoms in total. The molecule has 0 saturated carbocycles. The van der Waals surface area contributed by atoms with Crippen molar-refractivity contribution in [2.45, 2.75) is 25.8 Å². The second kappa shape index (κ2) is 6.02. The van der Waals surface area contributed by atoms with E-state index in [4.69, 9.17) is 0 Å². The quantitative estimate of drug-likeness (QED) is 0.942. The van der Waals surface area contributed by atoms with Gasteiger partial charge in [0.25, 0.3) is 5.91 Å². The van der Waals surface area contributed by atoms with Crippen molar-refractivity contribution in [1.82, 2.24) is 0 Å². The Hall–Kier alpha value is -2.62. The van der Waals surface area contributed by atoms with Gasteiger partial charge in [-0.15, -0.1) is 0 Å². The normalized spacial score (nSPS) is 16.9. The molecule has 1 heterocycles. The van der Waals surface area contributed by atoms with Gasteiger partial charge in [-0.05, 0) is 30.7 Å². The number of hydrogen-bond donors (Lipinski definition) is 1. The predicted octanol–water partition coefficient (Wildman–Crippen LogP) is 3.45. The Labute approximate surface area is 129 Å². The number of anilines is 2. The van der Waals surface area contributed by atoms with E-state index < -0.39 is 6.04 Å². The van der Waals surface area contributed by atoms with Crippen LogP contribution < -0.4 is 10.2 Å². The average molecular weight is 294 g/mol. The van der Waals surface area contributed by atoms with Crippen LogP contribution in [0.15, 0.2) is 54.6 Å². The molecule has 0 spiro atoms. The van der Waals surface area contributed by atoms with Crippen LogP contribution in [-0.4, -0.2) is 17.9 Å². The van der Waals surface area contributed by atoms with Gasteiger partial charge in [0.1, 0.15) is 6.04 Å². The standard InChI is InChI=1S/C18H18N2O2/c1-2-8-16-17(21)19-14-11-6-7-12-15(14)20(16)18(22)13-9-4-3-5-10-13/h3-7,9-12,16H,2,8H2,1H3,(H,19,21)/t16-/m0/s1. The topological polar surface area (TPSA) is 49.4 Å². The van der Waals surface area contributed by atoms with Gasteiger partial charge in [0.2, 0.25) is 5.91 Å². The van der Waals surface area contributed by atoms with E-state index in [2.05, 4.69) is 5.32 Å². The number of nitrogens with one attached hydrogen (secondary N) is 1. The summed E-state index contributed by atoms with van der Waals surface area (Å²) in [5.41, 5.74) is 2.03. The number of fused-ring (bicyclic) bond motifs is 1. The van der Waals surface area contributed by atoms with Crippen molar-refractivity contribution >= 4 is 23.2 Å². The second-order valence-corrected chi connectivity index (χ2v) is 5.35. The molecule has 1 aliphatic heterocycles. The maximum absolute atomic E-state index is 12.9. The minimum absolute atomic E-state index is 0.121. The number of carbonyl (C=O) groups is 2. The maximum Gasteiger partial charge on any atom is 0.259 e. The number of carbonyl (C=O) groups excluding carboxylic acids is 2. The fraction of sp³-hybridized carbons (Fsp3) is 0.222. The fourth-order valence-corrected chi connectivity index (χ4v) is 2.79. The third-order valence-electron chi connectivity index (χ3n) is 3.84. The number of hydrogen-bond acceptors (Lipinski definition) is 2. The first-order chi connectivity index (χ1) is 10.7. The van der Waals surface area contributed by atoms with Crippen molar-refractivity contribution in [3.63, 3.8) is 0 Å². The highest BCUT2D eigenvalue weighted by Gasteiger charge is 2.36. The van der Waals surface area contributed by atoms with Crippen LogP contribution in [0.4, 0.5) is 11.4 Å². The van der Waals surface area contributed by atoms with Crippen LogP contribution >= 0.6 is 0 Å². The van der Waals surface area contributed by atoms with Crippen LogP contribution in [0.1, 0.15) is 30.1 Å². The lowest BCUT2D eigenvalue weighted by Gasteiger charge is -2.36. The smallest absolute Gasteiger partial charge is 0.259 e. The van der Waals surface area contributed by atoms with Gasteiger partial charge in [-0.2, -0.15) is 0 Å². The molecule has 0 bridgehead atoms. The SMILES string of the molecule is CCC[C@H]1C(=O)Nc2ccccc2N1C(=O)c1ccccc1. The minimum Gasteiger partial charge on any atom is -0.322 e. The highest BCUT2D eigenvalue weighted by molar-refractivity contribution is 6.16. The van der Waals surface area contributed by atoms with E-state index in [1.165, 1.54) is 0 Å². The fourth-order valence-electron chi connectivity index (χ4n) is 2.79. The summed E-state index contributed by atoms with van der Waals surface area (Å²) in [7, 11) is 0. The molecule has 22 heavy (non-hydrogen) atoms. The number of rotatable bonds is 3. The predicted molar refractivity (Wildman–Crippen MR) is 87.0 cm³/mol. The van der Waals surface area contributed by atoms with Crippen molar-refractivity contribution in [3.05, 3.63) is 60.2 Å². The third kappa shape index (κ3) is 2.48. The van der Waals surface area contributed by atoms with Gasteiger partial charge >= 0.3 is 0 Å². The summed E-state index contributed by atoms with van der Waals surface area (Å²) >= 11 is 0. The Morgan fingerprint density at radius 2 is 1.77 bits per heavy atom. The van der Waals surface area contributed by atoms with Crippen molar-refractivity contribution in [2.24, 2.45) is 0 Å². The molecular formula is C18H18N2O2. The van der Waals surface area contributed by atoms with Gasteiger partial charge < -0.3 is 5.32 Å². The Bertz CT molecular complexity index is 697. The molecule has 1 N–H and O–H groups in total. The summed E-state index contributed by atoms with van der Waals surface area (Å²) in [6.45, 7) is 2.01. The Morgan fingerprint density at radius 3 is 2.50 bits per heavy atom. The van der Waals surface area contributed by atoms with Crippen LogP contribution in [-0.2, 0) is 4.79 Å². The molecule has 112 valence electrons. The first kappa shape index (κ1) is 14.3. The highest BCUT2D eigenvalue weighted by atomic mass is 16.2. The lowest BCUT2D eigenvalue weighted by molar-refractivity contribution is -0.117. The molecule has 1 aliphatic rings. The molecule has 2 aromatic carbocycles. The molecule has 0 saturated heterocycles. The summed E-state index contributed by atoms with van der Waals surface area (Å²) in [4.78, 5) is 27.0. The van der Waals surface area contributed by atoms with Gasteiger partial charge in [0.15, 0.2) is 0 Å². The molecule has 2 aromatic rings. The summed E-state index contributed by atoms with van der Waals surface area (Å²) < 4.78 is 0. The van der Waals surface area contributed by atoms with Crippen LogP contribution in [0, 0.1) is 0 Å². The third-order valence-corrected chi connectivity index (χ3v) is 3.84. The van der Waals surface area contributed by atoms with E-state index in [1.54, 1.807) is 17.0 Å². The summed E-state index contributed by atoms with van der Waals surface area (Å²) in [5, 5.41) is 2.90. The molecule has 4 heteroatoms. The van der Waals surface area contributed by atoms with Gasteiger partial charge in [-0.3, -0.25) is 14.5 Å². The molecule has 2 amide bonds. The molecule has 0 aliphatic carbocycles. The van der Waals surface area contributed by atoms with Crippen LogP contribution in [0.3, 0.4) is 0 Å². The maximum atomic E-state index is 12.9. The molecule has 0 aromatic heterocycles. The monoisotopic (exact) mass is 294 g/mol. The zero-order valence-electron chi connectivity index (χ0n) is 12.5. The van der Waals surface area contributed by atoms with E-state index in [9.17, 15) is 9.59 Å². The van der Waals surface area contributed by atoms with Crippen molar-refractivity contribution in [3.8, 4) is 0 Å². The van der Waals surface area contributed by atoms with Gasteiger partial charge in [-0.1, -0.05) is 43.7 Å². The lowest BCUT2D eigenvalue weighted by atomic mass is 10.0. The first-order valence-electron chi connectivity index (χ1n) is 7.51. The van der Waals surface area contributed by atoms with Gasteiger partial charge in [0.05, 0.1) is 11.4 Å². The van der Waals surface area contributed by atoms with Gasteiger partial charge in [-0.25, -0.2) is 0 Å². The first-order valence-corrected chi connectivity index (χ1v) is 7.51. The average Bonchev–Trinajstić information content (AvgIpc) is 2.56. The number of benzene rings is 2. The van der Waals surface area contributed by atoms with Crippen LogP contribution in [0.5, 0.6) is 0 Å². The second-order valence-electron chi connectivity index (χ2n) is 5.35. The van der Waals surface area contributed by atoms with Crippen LogP contribution in [0.25, 0.3) is 0 Å². The van der Waals surface area contributed by atoms with Crippen molar-refractivity contribution < 1.29 is 9.59 Å². The highest BCUT2D eigenvalue weighted by Crippen LogP contribution is 2.34. The van der Waals surface area contributed by atoms with E-state index >= 15 is 0 Å². The van der Waals surface area contributed by atoms with E-state index in [0.29, 0.717) is 17.7 Å². The van der Waals surface area contributed by atoms with Crippen molar-refractivity contribution in [2.75, 3.05) is 10.2 Å². The van der Waals surface area contributed by atoms with E-state index in [0.717, 1.165) is 12.1 Å². The Morgan fingerprint density at radius 1 is 1.09 bits per heavy atom. The number of amides is 2. The molecule has 0 unspecified atom stereocenters. The molecule has 1 atom stereocenters. The number of para-hydroxylation sites is 2. The molecule has 3 rings (SSSR count). The van der Waals surface area contributed by atoms with Crippen LogP contribution in [0.2, 0.25) is 0 Å². The summed E-state index contributed by atoms with van der Waals surface area (Å²) in [6.07, 6.45) is 1.47. The van der Waals surface area contributed by atoms with E-state index in [1.807, 2.05) is 49.4 Å². The van der Waals surface area contributed by atoms with E-state index in [-0.39, 0.29) is 11.8 Å². The largest absolute Gasteiger partial charge is 0.322 e. The van der Waals surface area contributed by atoms with Crippen molar-refractivity contribution in [1.29, 1.82) is 0 Å². The Balaban J connectivity index is 2.07.